The first-order chi connectivity index (χ1) is 13.5. The van der Waals surface area contributed by atoms with E-state index in [-0.39, 0.29) is 17.1 Å². The molecular formula is C21H20N2O4S. The van der Waals surface area contributed by atoms with E-state index in [9.17, 15) is 9.59 Å². The van der Waals surface area contributed by atoms with Crippen LogP contribution >= 0.6 is 11.8 Å². The summed E-state index contributed by atoms with van der Waals surface area (Å²) in [5, 5.41) is 5.62. The van der Waals surface area contributed by atoms with Gasteiger partial charge in [-0.05, 0) is 50.1 Å². The van der Waals surface area contributed by atoms with E-state index in [1.54, 1.807) is 18.2 Å². The quantitative estimate of drug-likeness (QED) is 0.786. The topological polar surface area (TPSA) is 76.7 Å². The minimum atomic E-state index is -0.517. The van der Waals surface area contributed by atoms with Crippen molar-refractivity contribution in [2.45, 2.75) is 48.5 Å². The average molecular weight is 396 g/mol. The molecular weight excluding hydrogens is 376 g/mol. The summed E-state index contributed by atoms with van der Waals surface area (Å²) in [6.07, 6.45) is 3.98. The third-order valence-corrected chi connectivity index (χ3v) is 6.51. The number of nitrogens with one attached hydrogen (secondary N) is 2. The van der Waals surface area contributed by atoms with Crippen molar-refractivity contribution < 1.29 is 19.1 Å². The lowest BCUT2D eigenvalue weighted by atomic mass is 10.1. The van der Waals surface area contributed by atoms with Crippen molar-refractivity contribution >= 4 is 35.0 Å². The maximum absolute atomic E-state index is 12.7. The van der Waals surface area contributed by atoms with Gasteiger partial charge < -0.3 is 20.1 Å². The van der Waals surface area contributed by atoms with Crippen molar-refractivity contribution in [2.24, 2.45) is 0 Å². The van der Waals surface area contributed by atoms with Gasteiger partial charge in [0, 0.05) is 35.1 Å². The number of benzene rings is 2. The molecule has 2 aromatic rings. The monoisotopic (exact) mass is 396 g/mol. The number of ether oxygens (including phenoxy) is 2. The lowest BCUT2D eigenvalue weighted by Gasteiger charge is -2.21. The van der Waals surface area contributed by atoms with Gasteiger partial charge in [0.05, 0.1) is 10.9 Å². The van der Waals surface area contributed by atoms with Crippen LogP contribution in [0.4, 0.5) is 11.4 Å². The Labute approximate surface area is 167 Å². The van der Waals surface area contributed by atoms with Crippen molar-refractivity contribution in [3.05, 3.63) is 42.0 Å². The van der Waals surface area contributed by atoms with E-state index in [1.165, 1.54) is 11.8 Å². The molecule has 0 bridgehead atoms. The number of amides is 2. The van der Waals surface area contributed by atoms with Crippen LogP contribution in [0.3, 0.4) is 0 Å². The second-order valence-corrected chi connectivity index (χ2v) is 8.78. The van der Waals surface area contributed by atoms with Crippen LogP contribution < -0.4 is 20.1 Å². The second kappa shape index (κ2) is 6.44. The van der Waals surface area contributed by atoms with Crippen LogP contribution in [0.5, 0.6) is 11.5 Å². The number of carbonyl (C=O) groups is 2. The molecule has 28 heavy (non-hydrogen) atoms. The van der Waals surface area contributed by atoms with E-state index in [0.717, 1.165) is 36.3 Å². The van der Waals surface area contributed by atoms with Gasteiger partial charge in [0.25, 0.3) is 11.7 Å². The number of rotatable bonds is 2. The molecule has 1 aliphatic carbocycles. The Hall–Kier alpha value is -2.67. The van der Waals surface area contributed by atoms with Crippen LogP contribution in [0.15, 0.2) is 41.3 Å². The minimum absolute atomic E-state index is 0.0494. The van der Waals surface area contributed by atoms with E-state index in [1.807, 2.05) is 25.1 Å². The molecule has 7 heteroatoms. The first-order valence-corrected chi connectivity index (χ1v) is 10.3. The highest BCUT2D eigenvalue weighted by molar-refractivity contribution is 8.00. The number of anilines is 2. The van der Waals surface area contributed by atoms with E-state index >= 15 is 0 Å². The van der Waals surface area contributed by atoms with E-state index in [0.29, 0.717) is 22.7 Å². The Morgan fingerprint density at radius 2 is 1.93 bits per heavy atom. The Kier molecular flexibility index (Phi) is 4.01. The largest absolute Gasteiger partial charge is 0.448 e. The minimum Gasteiger partial charge on any atom is -0.448 e. The van der Waals surface area contributed by atoms with E-state index in [4.69, 9.17) is 9.47 Å². The second-order valence-electron chi connectivity index (χ2n) is 7.40. The maximum atomic E-state index is 12.7. The number of hydrogen-bond donors (Lipinski definition) is 2. The van der Waals surface area contributed by atoms with Gasteiger partial charge in [-0.1, -0.05) is 0 Å². The average Bonchev–Trinajstić information content (AvgIpc) is 3.28. The smallest absolute Gasteiger partial charge is 0.255 e. The number of thioether (sulfide) groups is 1. The van der Waals surface area contributed by atoms with Crippen LogP contribution in [0.25, 0.3) is 0 Å². The molecule has 0 saturated heterocycles. The molecule has 1 saturated carbocycles. The van der Waals surface area contributed by atoms with Crippen LogP contribution in [-0.2, 0) is 4.79 Å². The Bertz CT molecular complexity index is 984. The SMILES string of the molecule is C[C@@H]1Sc2ccc(C(=O)Nc3ccc4c(c3)OC3(CCCC3)O4)cc2NC1=O. The highest BCUT2D eigenvalue weighted by Gasteiger charge is 2.44. The summed E-state index contributed by atoms with van der Waals surface area (Å²) in [7, 11) is 0. The zero-order valence-electron chi connectivity index (χ0n) is 15.4. The molecule has 1 atom stereocenters. The van der Waals surface area contributed by atoms with Crippen molar-refractivity contribution in [3.8, 4) is 11.5 Å². The Balaban J connectivity index is 1.33. The standard InChI is InChI=1S/C21H20N2O4S/c1-12-19(24)23-15-10-13(4-7-18(15)28-12)20(25)22-14-5-6-16-17(11-14)27-21(26-16)8-2-3-9-21/h4-7,10-12H,2-3,8-9H2,1H3,(H,22,25)(H,23,24)/t12-/m0/s1. The zero-order valence-corrected chi connectivity index (χ0v) is 16.2. The van der Waals surface area contributed by atoms with E-state index in [2.05, 4.69) is 10.6 Å². The van der Waals surface area contributed by atoms with Gasteiger partial charge in [0.2, 0.25) is 5.91 Å². The molecule has 6 nitrogen and oxygen atoms in total. The normalized spacial score (nSPS) is 21.3. The molecule has 1 spiro atoms. The highest BCUT2D eigenvalue weighted by Crippen LogP contribution is 2.47. The number of fused-ring (bicyclic) bond motifs is 2. The molecule has 0 unspecified atom stereocenters. The lowest BCUT2D eigenvalue weighted by Crippen LogP contribution is -2.34. The molecule has 2 amide bonds. The first-order valence-electron chi connectivity index (χ1n) is 9.46. The third kappa shape index (κ3) is 2.99. The Morgan fingerprint density at radius 3 is 2.75 bits per heavy atom. The van der Waals surface area contributed by atoms with Gasteiger partial charge in [-0.3, -0.25) is 9.59 Å². The van der Waals surface area contributed by atoms with Crippen LogP contribution in [0, 0.1) is 0 Å². The predicted molar refractivity (Wildman–Crippen MR) is 107 cm³/mol. The van der Waals surface area contributed by atoms with Gasteiger partial charge in [0.1, 0.15) is 0 Å². The molecule has 2 N–H and O–H groups in total. The van der Waals surface area contributed by atoms with Crippen molar-refractivity contribution in [1.29, 1.82) is 0 Å². The molecule has 2 aliphatic heterocycles. The highest BCUT2D eigenvalue weighted by atomic mass is 32.2. The van der Waals surface area contributed by atoms with Gasteiger partial charge in [0.15, 0.2) is 11.5 Å². The molecule has 5 rings (SSSR count). The first kappa shape index (κ1) is 17.4. The summed E-state index contributed by atoms with van der Waals surface area (Å²) >= 11 is 1.49. The molecule has 2 heterocycles. The Morgan fingerprint density at radius 1 is 1.14 bits per heavy atom. The van der Waals surface area contributed by atoms with Crippen LogP contribution in [-0.4, -0.2) is 22.9 Å². The van der Waals surface area contributed by atoms with Crippen molar-refractivity contribution in [3.63, 3.8) is 0 Å². The van der Waals surface area contributed by atoms with Crippen LogP contribution in [0.1, 0.15) is 43.0 Å². The molecule has 144 valence electrons. The fourth-order valence-corrected chi connectivity index (χ4v) is 4.77. The summed E-state index contributed by atoms with van der Waals surface area (Å²) in [6, 6.07) is 10.8. The zero-order chi connectivity index (χ0) is 19.3. The van der Waals surface area contributed by atoms with Gasteiger partial charge in [-0.25, -0.2) is 0 Å². The molecule has 2 aromatic carbocycles. The number of carbonyl (C=O) groups excluding carboxylic acids is 2. The van der Waals surface area contributed by atoms with Gasteiger partial charge in [-0.15, -0.1) is 11.8 Å². The summed E-state index contributed by atoms with van der Waals surface area (Å²) < 4.78 is 12.1. The van der Waals surface area contributed by atoms with Gasteiger partial charge >= 0.3 is 0 Å². The van der Waals surface area contributed by atoms with Gasteiger partial charge in [-0.2, -0.15) is 0 Å². The predicted octanol–water partition coefficient (Wildman–Crippen LogP) is 4.41. The molecule has 1 fully saturated rings. The summed E-state index contributed by atoms with van der Waals surface area (Å²) in [5.41, 5.74) is 1.81. The van der Waals surface area contributed by atoms with Crippen molar-refractivity contribution in [1.82, 2.24) is 0 Å². The summed E-state index contributed by atoms with van der Waals surface area (Å²) in [6.45, 7) is 1.86. The molecule has 0 radical (unpaired) electrons. The van der Waals surface area contributed by atoms with Crippen molar-refractivity contribution in [2.75, 3.05) is 10.6 Å². The van der Waals surface area contributed by atoms with E-state index < -0.39 is 5.79 Å². The fraction of sp³-hybridized carbons (Fsp3) is 0.333. The van der Waals surface area contributed by atoms with Crippen LogP contribution in [0.2, 0.25) is 0 Å². The molecule has 3 aliphatic rings. The summed E-state index contributed by atoms with van der Waals surface area (Å²) in [5.74, 6) is 0.586. The lowest BCUT2D eigenvalue weighted by molar-refractivity contribution is -0.115. The third-order valence-electron chi connectivity index (χ3n) is 5.33. The summed E-state index contributed by atoms with van der Waals surface area (Å²) in [4.78, 5) is 25.5. The molecule has 0 aromatic heterocycles. The maximum Gasteiger partial charge on any atom is 0.255 e. The number of hydrogen-bond acceptors (Lipinski definition) is 5. The fourth-order valence-electron chi connectivity index (χ4n) is 3.84.